The molecule has 0 saturated heterocycles. The van der Waals surface area contributed by atoms with Gasteiger partial charge in [-0.25, -0.2) is 0 Å². The SMILES string of the molecule is C=C1/C(=C\C=C2/C=CC[C@]3(C)[C@@H]([C@H](C)/C=C/[C@H](C)C(C)C)CC[C@@H]23)C[C@@H](O)C[C@@H]1O. The summed E-state index contributed by atoms with van der Waals surface area (Å²) in [6, 6.07) is 0. The van der Waals surface area contributed by atoms with Crippen molar-refractivity contribution in [1.29, 1.82) is 0 Å². The molecular formula is C28H42O2. The number of rotatable bonds is 5. The van der Waals surface area contributed by atoms with Crippen LogP contribution in [0.2, 0.25) is 0 Å². The van der Waals surface area contributed by atoms with Crippen molar-refractivity contribution in [3.8, 4) is 0 Å². The predicted octanol–water partition coefficient (Wildman–Crippen LogP) is 6.39. The molecule has 30 heavy (non-hydrogen) atoms. The van der Waals surface area contributed by atoms with Crippen LogP contribution in [0.3, 0.4) is 0 Å². The lowest BCUT2D eigenvalue weighted by Crippen LogP contribution is -2.34. The molecule has 0 aromatic heterocycles. The minimum absolute atomic E-state index is 0.298. The lowest BCUT2D eigenvalue weighted by Gasteiger charge is -2.41. The molecule has 3 rings (SSSR count). The molecule has 0 amide bonds. The molecule has 2 saturated carbocycles. The fraction of sp³-hybridized carbons (Fsp3) is 0.643. The third kappa shape index (κ3) is 4.75. The standard InChI is InChI=1S/C28H42O2/c1-18(2)19(3)9-10-20(4)25-13-14-26-22(8-7-15-28(25,26)6)11-12-23-16-24(29)17-27(30)21(23)5/h7-12,18-20,24-27,29-30H,5,13-17H2,1-4,6H3/b10-9+,22-11+,23-12-/t19-,20+,24+,25+,26-,27-,28+/m0/s1. The third-order valence-corrected chi connectivity index (χ3v) is 8.33. The van der Waals surface area contributed by atoms with Crippen LogP contribution in [0, 0.1) is 35.0 Å². The molecule has 2 heteroatoms. The number of hydrogen-bond acceptors (Lipinski definition) is 2. The molecule has 3 aliphatic carbocycles. The fourth-order valence-electron chi connectivity index (χ4n) is 5.87. The maximum atomic E-state index is 10.1. The lowest BCUT2D eigenvalue weighted by molar-refractivity contribution is 0.0862. The molecule has 0 radical (unpaired) electrons. The van der Waals surface area contributed by atoms with Crippen molar-refractivity contribution < 1.29 is 10.2 Å². The molecule has 0 spiro atoms. The van der Waals surface area contributed by atoms with Crippen LogP contribution < -0.4 is 0 Å². The van der Waals surface area contributed by atoms with E-state index < -0.39 is 12.2 Å². The molecule has 0 aromatic carbocycles. The van der Waals surface area contributed by atoms with Crippen LogP contribution in [0.25, 0.3) is 0 Å². The van der Waals surface area contributed by atoms with E-state index in [0.29, 0.717) is 47.8 Å². The minimum atomic E-state index is -0.623. The second-order valence-electron chi connectivity index (χ2n) is 10.7. The first kappa shape index (κ1) is 23.3. The van der Waals surface area contributed by atoms with Gasteiger partial charge in [0.1, 0.15) is 0 Å². The summed E-state index contributed by atoms with van der Waals surface area (Å²) in [4.78, 5) is 0. The summed E-state index contributed by atoms with van der Waals surface area (Å²) in [5, 5.41) is 20.2. The zero-order valence-electron chi connectivity index (χ0n) is 19.6. The lowest BCUT2D eigenvalue weighted by atomic mass is 9.63. The number of fused-ring (bicyclic) bond motifs is 1. The Bertz CT molecular complexity index is 753. The van der Waals surface area contributed by atoms with E-state index in [9.17, 15) is 10.2 Å². The number of hydrogen-bond donors (Lipinski definition) is 2. The Balaban J connectivity index is 1.78. The van der Waals surface area contributed by atoms with E-state index in [0.717, 1.165) is 17.6 Å². The van der Waals surface area contributed by atoms with Crippen molar-refractivity contribution >= 4 is 0 Å². The van der Waals surface area contributed by atoms with Gasteiger partial charge in [-0.2, -0.15) is 0 Å². The van der Waals surface area contributed by atoms with Crippen molar-refractivity contribution in [3.05, 3.63) is 59.8 Å². The fourth-order valence-corrected chi connectivity index (χ4v) is 5.87. The van der Waals surface area contributed by atoms with Crippen LogP contribution in [0.5, 0.6) is 0 Å². The van der Waals surface area contributed by atoms with Gasteiger partial charge in [-0.1, -0.05) is 77.7 Å². The van der Waals surface area contributed by atoms with Gasteiger partial charge in [0.05, 0.1) is 12.2 Å². The molecule has 7 atom stereocenters. The largest absolute Gasteiger partial charge is 0.393 e. The van der Waals surface area contributed by atoms with Gasteiger partial charge >= 0.3 is 0 Å². The Morgan fingerprint density at radius 2 is 1.83 bits per heavy atom. The van der Waals surface area contributed by atoms with E-state index in [4.69, 9.17) is 0 Å². The van der Waals surface area contributed by atoms with Crippen LogP contribution in [0.15, 0.2) is 59.8 Å². The Morgan fingerprint density at radius 3 is 2.53 bits per heavy atom. The molecule has 3 aliphatic rings. The highest BCUT2D eigenvalue weighted by molar-refractivity contribution is 5.41. The van der Waals surface area contributed by atoms with Gasteiger partial charge in [-0.3, -0.25) is 0 Å². The Morgan fingerprint density at radius 1 is 1.10 bits per heavy atom. The maximum Gasteiger partial charge on any atom is 0.0811 e. The summed E-state index contributed by atoms with van der Waals surface area (Å²) < 4.78 is 0. The molecule has 2 nitrogen and oxygen atoms in total. The van der Waals surface area contributed by atoms with Crippen LogP contribution in [-0.2, 0) is 0 Å². The van der Waals surface area contributed by atoms with Gasteiger partial charge in [0.15, 0.2) is 0 Å². The van der Waals surface area contributed by atoms with Crippen molar-refractivity contribution in [1.82, 2.24) is 0 Å². The van der Waals surface area contributed by atoms with E-state index in [2.05, 4.69) is 77.7 Å². The average molecular weight is 411 g/mol. The molecule has 2 N–H and O–H groups in total. The normalized spacial score (nSPS) is 39.3. The zero-order chi connectivity index (χ0) is 22.1. The monoisotopic (exact) mass is 410 g/mol. The van der Waals surface area contributed by atoms with Gasteiger partial charge in [0.2, 0.25) is 0 Å². The van der Waals surface area contributed by atoms with E-state index in [1.807, 2.05) is 0 Å². The topological polar surface area (TPSA) is 40.5 Å². The second-order valence-corrected chi connectivity index (χ2v) is 10.7. The highest BCUT2D eigenvalue weighted by Crippen LogP contribution is 2.58. The molecule has 0 aromatic rings. The Hall–Kier alpha value is -1.38. The highest BCUT2D eigenvalue weighted by Gasteiger charge is 2.49. The van der Waals surface area contributed by atoms with E-state index >= 15 is 0 Å². The molecule has 2 fully saturated rings. The summed E-state index contributed by atoms with van der Waals surface area (Å²) in [5.41, 5.74) is 3.45. The first-order valence-electron chi connectivity index (χ1n) is 11.9. The van der Waals surface area contributed by atoms with Crippen molar-refractivity contribution in [3.63, 3.8) is 0 Å². The molecule has 0 unspecified atom stereocenters. The maximum absolute atomic E-state index is 10.1. The van der Waals surface area contributed by atoms with Gasteiger partial charge < -0.3 is 10.2 Å². The number of allylic oxidation sites excluding steroid dienone is 7. The van der Waals surface area contributed by atoms with Crippen molar-refractivity contribution in [2.24, 2.45) is 35.0 Å². The van der Waals surface area contributed by atoms with Crippen LogP contribution in [-0.4, -0.2) is 22.4 Å². The Kier molecular flexibility index (Phi) is 7.30. The summed E-state index contributed by atoms with van der Waals surface area (Å²) in [6.45, 7) is 15.9. The van der Waals surface area contributed by atoms with Gasteiger partial charge in [0, 0.05) is 6.42 Å². The molecule has 0 heterocycles. The first-order valence-corrected chi connectivity index (χ1v) is 11.9. The molecule has 166 valence electrons. The second kappa shape index (κ2) is 9.40. The summed E-state index contributed by atoms with van der Waals surface area (Å²) >= 11 is 0. The summed E-state index contributed by atoms with van der Waals surface area (Å²) in [5.74, 6) is 3.18. The number of aliphatic hydroxyl groups excluding tert-OH is 2. The average Bonchev–Trinajstić information content (AvgIpc) is 3.04. The number of aliphatic hydroxyl groups is 2. The van der Waals surface area contributed by atoms with Gasteiger partial charge in [0.25, 0.3) is 0 Å². The van der Waals surface area contributed by atoms with E-state index in [1.165, 1.54) is 18.4 Å². The summed E-state index contributed by atoms with van der Waals surface area (Å²) in [7, 11) is 0. The van der Waals surface area contributed by atoms with E-state index in [1.54, 1.807) is 0 Å². The minimum Gasteiger partial charge on any atom is -0.393 e. The predicted molar refractivity (Wildman–Crippen MR) is 127 cm³/mol. The molecule has 0 aliphatic heterocycles. The quantitative estimate of drug-likeness (QED) is 0.516. The zero-order valence-corrected chi connectivity index (χ0v) is 19.6. The highest BCUT2D eigenvalue weighted by atomic mass is 16.3. The third-order valence-electron chi connectivity index (χ3n) is 8.33. The van der Waals surface area contributed by atoms with Crippen molar-refractivity contribution in [2.45, 2.75) is 78.9 Å². The smallest absolute Gasteiger partial charge is 0.0811 e. The molecule has 0 bridgehead atoms. The van der Waals surface area contributed by atoms with E-state index in [-0.39, 0.29) is 0 Å². The van der Waals surface area contributed by atoms with Gasteiger partial charge in [-0.15, -0.1) is 0 Å². The van der Waals surface area contributed by atoms with Crippen molar-refractivity contribution in [2.75, 3.05) is 0 Å². The first-order chi connectivity index (χ1) is 14.1. The Labute approximate surface area is 184 Å². The summed E-state index contributed by atoms with van der Waals surface area (Å²) in [6.07, 6.45) is 17.4. The van der Waals surface area contributed by atoms with Gasteiger partial charge in [-0.05, 0) is 77.4 Å². The van der Waals surface area contributed by atoms with Crippen LogP contribution >= 0.6 is 0 Å². The van der Waals surface area contributed by atoms with Crippen LogP contribution in [0.1, 0.15) is 66.7 Å². The molecular weight excluding hydrogens is 368 g/mol. The van der Waals surface area contributed by atoms with Crippen LogP contribution in [0.4, 0.5) is 0 Å².